The lowest BCUT2D eigenvalue weighted by atomic mass is 9.96. The Morgan fingerprint density at radius 2 is 2.04 bits per heavy atom. The molecule has 7 heteroatoms. The van der Waals surface area contributed by atoms with Crippen molar-refractivity contribution in [2.24, 2.45) is 0 Å². The van der Waals surface area contributed by atoms with Gasteiger partial charge in [0.15, 0.2) is 5.82 Å². The molecule has 1 N–H and O–H groups in total. The normalized spacial score (nSPS) is 16.6. The number of nitrogens with zero attached hydrogens (tertiary/aromatic N) is 3. The van der Waals surface area contributed by atoms with E-state index in [2.05, 4.69) is 10.1 Å². The minimum Gasteiger partial charge on any atom is -0.481 e. The molecule has 1 amide bonds. The summed E-state index contributed by atoms with van der Waals surface area (Å²) in [6, 6.07) is 7.18. The Bertz CT molecular complexity index is 822. The lowest BCUT2D eigenvalue weighted by Crippen LogP contribution is -2.31. The summed E-state index contributed by atoms with van der Waals surface area (Å²) < 4.78 is 5.24. The second-order valence-electron chi connectivity index (χ2n) is 7.57. The second kappa shape index (κ2) is 6.90. The van der Waals surface area contributed by atoms with Gasteiger partial charge < -0.3 is 14.5 Å². The number of hydrogen-bond donors (Lipinski definition) is 1. The zero-order chi connectivity index (χ0) is 18.9. The van der Waals surface area contributed by atoms with Crippen LogP contribution in [0.1, 0.15) is 56.8 Å². The van der Waals surface area contributed by atoms with Gasteiger partial charge in [0, 0.05) is 30.5 Å². The second-order valence-corrected chi connectivity index (χ2v) is 7.57. The van der Waals surface area contributed by atoms with Gasteiger partial charge in [-0.2, -0.15) is 4.98 Å². The molecule has 2 aromatic rings. The number of aryl methyl sites for hydroxylation is 1. The van der Waals surface area contributed by atoms with Gasteiger partial charge in [-0.05, 0) is 18.1 Å². The van der Waals surface area contributed by atoms with Crippen molar-refractivity contribution in [1.29, 1.82) is 0 Å². The summed E-state index contributed by atoms with van der Waals surface area (Å²) >= 11 is 0. The molecule has 0 saturated carbocycles. The number of benzene rings is 1. The molecule has 0 radical (unpaired) electrons. The van der Waals surface area contributed by atoms with Crippen LogP contribution in [-0.2, 0) is 21.4 Å². The molecule has 3 rings (SSSR count). The van der Waals surface area contributed by atoms with E-state index in [0.29, 0.717) is 42.2 Å². The van der Waals surface area contributed by atoms with Crippen LogP contribution in [0.3, 0.4) is 0 Å². The van der Waals surface area contributed by atoms with Gasteiger partial charge in [-0.15, -0.1) is 0 Å². The third-order valence-electron chi connectivity index (χ3n) is 4.49. The summed E-state index contributed by atoms with van der Waals surface area (Å²) in [6.07, 6.45) is 1.39. The zero-order valence-electron chi connectivity index (χ0n) is 15.2. The quantitative estimate of drug-likeness (QED) is 0.884. The van der Waals surface area contributed by atoms with Crippen molar-refractivity contribution >= 4 is 17.6 Å². The number of carboxylic acids is 1. The average molecular weight is 357 g/mol. The standard InChI is InChI=1S/C19H23N3O4/c1-19(2,3)18-20-15(26-21-18)9-6-10-16(23)22-11-13(17(24)25)12-7-4-5-8-14(12)22/h4-5,7-8,13H,6,9-11H2,1-3H3,(H,24,25). The monoisotopic (exact) mass is 357 g/mol. The summed E-state index contributed by atoms with van der Waals surface area (Å²) in [6.45, 7) is 6.21. The Morgan fingerprint density at radius 3 is 2.69 bits per heavy atom. The Morgan fingerprint density at radius 1 is 1.31 bits per heavy atom. The van der Waals surface area contributed by atoms with Gasteiger partial charge in [-0.3, -0.25) is 9.59 Å². The van der Waals surface area contributed by atoms with Gasteiger partial charge in [0.2, 0.25) is 11.8 Å². The molecule has 1 aliphatic rings. The van der Waals surface area contributed by atoms with E-state index in [1.807, 2.05) is 26.8 Å². The van der Waals surface area contributed by atoms with Crippen LogP contribution >= 0.6 is 0 Å². The number of rotatable bonds is 5. The topological polar surface area (TPSA) is 96.5 Å². The van der Waals surface area contributed by atoms with Gasteiger partial charge >= 0.3 is 5.97 Å². The largest absolute Gasteiger partial charge is 0.481 e. The van der Waals surface area contributed by atoms with Crippen molar-refractivity contribution in [2.45, 2.75) is 51.4 Å². The Hall–Kier alpha value is -2.70. The number of anilines is 1. The van der Waals surface area contributed by atoms with Crippen LogP contribution < -0.4 is 4.90 Å². The first-order valence-corrected chi connectivity index (χ1v) is 8.72. The van der Waals surface area contributed by atoms with Crippen molar-refractivity contribution in [3.05, 3.63) is 41.5 Å². The lowest BCUT2D eigenvalue weighted by Gasteiger charge is -2.17. The molecule has 1 aromatic carbocycles. The predicted molar refractivity (Wildman–Crippen MR) is 95.1 cm³/mol. The fraction of sp³-hybridized carbons (Fsp3) is 0.474. The maximum atomic E-state index is 12.6. The summed E-state index contributed by atoms with van der Waals surface area (Å²) in [5.74, 6) is -0.491. The van der Waals surface area contributed by atoms with Crippen molar-refractivity contribution in [2.75, 3.05) is 11.4 Å². The SMILES string of the molecule is CC(C)(C)c1noc(CCCC(=O)N2CC(C(=O)O)c3ccccc32)n1. The fourth-order valence-electron chi connectivity index (χ4n) is 3.04. The molecular formula is C19H23N3O4. The highest BCUT2D eigenvalue weighted by Crippen LogP contribution is 2.36. The maximum Gasteiger partial charge on any atom is 0.312 e. The molecule has 2 heterocycles. The number of fused-ring (bicyclic) bond motifs is 1. The molecule has 1 unspecified atom stereocenters. The Balaban J connectivity index is 1.61. The van der Waals surface area contributed by atoms with Gasteiger partial charge in [0.1, 0.15) is 5.92 Å². The molecule has 0 aliphatic carbocycles. The first kappa shape index (κ1) is 18.1. The van der Waals surface area contributed by atoms with E-state index in [1.54, 1.807) is 23.1 Å². The van der Waals surface area contributed by atoms with E-state index in [0.717, 1.165) is 0 Å². The van der Waals surface area contributed by atoms with E-state index in [1.165, 1.54) is 0 Å². The van der Waals surface area contributed by atoms with Crippen LogP contribution in [0.15, 0.2) is 28.8 Å². The van der Waals surface area contributed by atoms with Crippen molar-refractivity contribution in [1.82, 2.24) is 10.1 Å². The van der Waals surface area contributed by atoms with Crippen molar-refractivity contribution < 1.29 is 19.2 Å². The summed E-state index contributed by atoms with van der Waals surface area (Å²) in [5, 5.41) is 13.4. The fourth-order valence-corrected chi connectivity index (χ4v) is 3.04. The highest BCUT2D eigenvalue weighted by Gasteiger charge is 2.35. The van der Waals surface area contributed by atoms with Crippen molar-refractivity contribution in [3.63, 3.8) is 0 Å². The molecule has 0 fully saturated rings. The first-order chi connectivity index (χ1) is 12.3. The van der Waals surface area contributed by atoms with Gasteiger partial charge in [-0.1, -0.05) is 44.1 Å². The minimum atomic E-state index is -0.909. The maximum absolute atomic E-state index is 12.6. The highest BCUT2D eigenvalue weighted by atomic mass is 16.5. The van der Waals surface area contributed by atoms with Crippen LogP contribution in [-0.4, -0.2) is 33.7 Å². The van der Waals surface area contributed by atoms with Crippen LogP contribution in [0.2, 0.25) is 0 Å². The molecule has 1 aromatic heterocycles. The third kappa shape index (κ3) is 3.61. The Labute approximate surface area is 152 Å². The van der Waals surface area contributed by atoms with E-state index < -0.39 is 11.9 Å². The van der Waals surface area contributed by atoms with Crippen LogP contribution in [0.4, 0.5) is 5.69 Å². The molecule has 26 heavy (non-hydrogen) atoms. The number of amides is 1. The van der Waals surface area contributed by atoms with Gasteiger partial charge in [-0.25, -0.2) is 0 Å². The van der Waals surface area contributed by atoms with Crippen LogP contribution in [0.5, 0.6) is 0 Å². The van der Waals surface area contributed by atoms with E-state index in [-0.39, 0.29) is 17.9 Å². The molecular weight excluding hydrogens is 334 g/mol. The third-order valence-corrected chi connectivity index (χ3v) is 4.49. The smallest absolute Gasteiger partial charge is 0.312 e. The summed E-state index contributed by atoms with van der Waals surface area (Å²) in [7, 11) is 0. The summed E-state index contributed by atoms with van der Waals surface area (Å²) in [5.41, 5.74) is 1.21. The van der Waals surface area contributed by atoms with Crippen molar-refractivity contribution in [3.8, 4) is 0 Å². The number of aliphatic carboxylic acids is 1. The number of carbonyl (C=O) groups excluding carboxylic acids is 1. The highest BCUT2D eigenvalue weighted by molar-refractivity contribution is 5.98. The van der Waals surface area contributed by atoms with E-state index in [9.17, 15) is 14.7 Å². The number of para-hydroxylation sites is 1. The summed E-state index contributed by atoms with van der Waals surface area (Å²) in [4.78, 5) is 30.0. The molecule has 1 aliphatic heterocycles. The van der Waals surface area contributed by atoms with Gasteiger partial charge in [0.05, 0.1) is 0 Å². The van der Waals surface area contributed by atoms with Crippen LogP contribution in [0, 0.1) is 0 Å². The number of carboxylic acid groups (broad SMARTS) is 1. The first-order valence-electron chi connectivity index (χ1n) is 8.72. The van der Waals surface area contributed by atoms with Gasteiger partial charge in [0.25, 0.3) is 0 Å². The lowest BCUT2D eigenvalue weighted by molar-refractivity contribution is -0.138. The predicted octanol–water partition coefficient (Wildman–Crippen LogP) is 2.90. The minimum absolute atomic E-state index is 0.0863. The molecule has 0 bridgehead atoms. The molecule has 7 nitrogen and oxygen atoms in total. The number of aromatic nitrogens is 2. The zero-order valence-corrected chi connectivity index (χ0v) is 15.2. The number of hydrogen-bond acceptors (Lipinski definition) is 5. The van der Waals surface area contributed by atoms with Crippen LogP contribution in [0.25, 0.3) is 0 Å². The number of carbonyl (C=O) groups is 2. The average Bonchev–Trinajstić information content (AvgIpc) is 3.19. The molecule has 0 saturated heterocycles. The molecule has 1 atom stereocenters. The van der Waals surface area contributed by atoms with E-state index in [4.69, 9.17) is 4.52 Å². The molecule has 138 valence electrons. The molecule has 0 spiro atoms. The Kier molecular flexibility index (Phi) is 4.80. The van der Waals surface area contributed by atoms with E-state index >= 15 is 0 Å².